The van der Waals surface area contributed by atoms with E-state index in [1.165, 1.54) is 4.68 Å². The van der Waals surface area contributed by atoms with E-state index in [1.807, 2.05) is 61.2 Å². The number of para-hydroxylation sites is 2. The molecule has 1 saturated heterocycles. The second-order valence-corrected chi connectivity index (χ2v) is 8.36. The van der Waals surface area contributed by atoms with E-state index in [9.17, 15) is 9.59 Å². The van der Waals surface area contributed by atoms with Crippen molar-refractivity contribution in [1.29, 1.82) is 0 Å². The summed E-state index contributed by atoms with van der Waals surface area (Å²) in [6.07, 6.45) is 1.67. The molecular weight excluding hydrogens is 416 g/mol. The van der Waals surface area contributed by atoms with Crippen LogP contribution in [0.2, 0.25) is 0 Å². The number of carbonyl (C=O) groups is 1. The molecular formula is C25H26N6O2. The van der Waals surface area contributed by atoms with Gasteiger partial charge in [-0.1, -0.05) is 36.4 Å². The van der Waals surface area contributed by atoms with Crippen molar-refractivity contribution in [2.75, 3.05) is 31.1 Å². The highest BCUT2D eigenvalue weighted by Crippen LogP contribution is 2.20. The van der Waals surface area contributed by atoms with E-state index in [0.29, 0.717) is 29.7 Å². The quantitative estimate of drug-likeness (QED) is 0.486. The fourth-order valence-corrected chi connectivity index (χ4v) is 4.39. The molecule has 168 valence electrons. The number of amides is 1. The summed E-state index contributed by atoms with van der Waals surface area (Å²) in [5.41, 5.74) is 3.81. The molecule has 33 heavy (non-hydrogen) atoms. The third kappa shape index (κ3) is 3.88. The third-order valence-electron chi connectivity index (χ3n) is 6.25. The van der Waals surface area contributed by atoms with Crippen LogP contribution in [0.15, 0.2) is 65.6 Å². The molecule has 0 radical (unpaired) electrons. The summed E-state index contributed by atoms with van der Waals surface area (Å²) in [5.74, 6) is -0.0991. The van der Waals surface area contributed by atoms with Crippen LogP contribution in [0.3, 0.4) is 0 Å². The van der Waals surface area contributed by atoms with Crippen LogP contribution >= 0.6 is 0 Å². The van der Waals surface area contributed by atoms with E-state index in [4.69, 9.17) is 0 Å². The monoisotopic (exact) mass is 442 g/mol. The lowest BCUT2D eigenvalue weighted by molar-refractivity contribution is -0.132. The van der Waals surface area contributed by atoms with Crippen molar-refractivity contribution in [3.63, 3.8) is 0 Å². The largest absolute Gasteiger partial charge is 0.368 e. The molecule has 0 saturated carbocycles. The van der Waals surface area contributed by atoms with Gasteiger partial charge in [-0.2, -0.15) is 10.2 Å². The minimum atomic E-state index is -0.312. The van der Waals surface area contributed by atoms with Crippen molar-refractivity contribution < 1.29 is 4.79 Å². The first kappa shape index (κ1) is 20.9. The van der Waals surface area contributed by atoms with Gasteiger partial charge in [0.05, 0.1) is 17.6 Å². The third-order valence-corrected chi connectivity index (χ3v) is 6.25. The standard InChI is InChI=1S/C25H26N6O2/c1-18-8-6-7-11-22(18)31-24-21(16-26-31)19(2)27-30(25(24)33)17-23(32)29-14-12-28(13-15-29)20-9-4-3-5-10-20/h3-11,16H,12-15,17H2,1-2H3. The first-order valence-electron chi connectivity index (χ1n) is 11.1. The van der Waals surface area contributed by atoms with E-state index in [0.717, 1.165) is 30.0 Å². The molecule has 8 nitrogen and oxygen atoms in total. The Bertz CT molecular complexity index is 1370. The Morgan fingerprint density at radius 3 is 2.36 bits per heavy atom. The van der Waals surface area contributed by atoms with Gasteiger partial charge in [0.25, 0.3) is 5.56 Å². The van der Waals surface area contributed by atoms with E-state index >= 15 is 0 Å². The van der Waals surface area contributed by atoms with Crippen LogP contribution in [-0.4, -0.2) is 56.5 Å². The summed E-state index contributed by atoms with van der Waals surface area (Å²) in [6.45, 7) is 6.49. The van der Waals surface area contributed by atoms with Crippen LogP contribution in [0.4, 0.5) is 5.69 Å². The van der Waals surface area contributed by atoms with Crippen molar-refractivity contribution in [2.45, 2.75) is 20.4 Å². The van der Waals surface area contributed by atoms with Crippen molar-refractivity contribution >= 4 is 22.5 Å². The number of rotatable bonds is 4. The summed E-state index contributed by atoms with van der Waals surface area (Å²) in [6, 6.07) is 18.0. The molecule has 5 rings (SSSR count). The smallest absolute Gasteiger partial charge is 0.293 e. The zero-order valence-electron chi connectivity index (χ0n) is 18.8. The Morgan fingerprint density at radius 1 is 0.939 bits per heavy atom. The lowest BCUT2D eigenvalue weighted by Gasteiger charge is -2.36. The van der Waals surface area contributed by atoms with E-state index < -0.39 is 0 Å². The predicted octanol–water partition coefficient (Wildman–Crippen LogP) is 2.55. The number of hydrogen-bond donors (Lipinski definition) is 0. The number of hydrogen-bond acceptors (Lipinski definition) is 5. The fourth-order valence-electron chi connectivity index (χ4n) is 4.39. The summed E-state index contributed by atoms with van der Waals surface area (Å²) < 4.78 is 2.93. The van der Waals surface area contributed by atoms with Gasteiger partial charge in [-0.3, -0.25) is 9.59 Å². The van der Waals surface area contributed by atoms with E-state index in [-0.39, 0.29) is 18.0 Å². The van der Waals surface area contributed by atoms with Gasteiger partial charge in [0.2, 0.25) is 5.91 Å². The minimum Gasteiger partial charge on any atom is -0.368 e. The summed E-state index contributed by atoms with van der Waals surface area (Å²) in [7, 11) is 0. The number of piperazine rings is 1. The van der Waals surface area contributed by atoms with Gasteiger partial charge >= 0.3 is 0 Å². The van der Waals surface area contributed by atoms with Crippen LogP contribution in [-0.2, 0) is 11.3 Å². The van der Waals surface area contributed by atoms with Crippen LogP contribution in [0.5, 0.6) is 0 Å². The Morgan fingerprint density at radius 2 is 1.64 bits per heavy atom. The molecule has 0 unspecified atom stereocenters. The van der Waals surface area contributed by atoms with E-state index in [2.05, 4.69) is 27.2 Å². The van der Waals surface area contributed by atoms with Gasteiger partial charge in [0.15, 0.2) is 0 Å². The maximum Gasteiger partial charge on any atom is 0.293 e. The summed E-state index contributed by atoms with van der Waals surface area (Å²) >= 11 is 0. The lowest BCUT2D eigenvalue weighted by Crippen LogP contribution is -2.50. The Hall–Kier alpha value is -3.94. The Kier molecular flexibility index (Phi) is 5.42. The molecule has 0 atom stereocenters. The van der Waals surface area contributed by atoms with Crippen LogP contribution < -0.4 is 10.5 Å². The highest BCUT2D eigenvalue weighted by molar-refractivity contribution is 5.82. The van der Waals surface area contributed by atoms with Crippen molar-refractivity contribution in [2.24, 2.45) is 0 Å². The number of carbonyl (C=O) groups excluding carboxylic acids is 1. The first-order valence-corrected chi connectivity index (χ1v) is 11.1. The molecule has 1 amide bonds. The molecule has 2 aromatic heterocycles. The van der Waals surface area contributed by atoms with Gasteiger partial charge in [-0.15, -0.1) is 0 Å². The van der Waals surface area contributed by atoms with Crippen molar-refractivity contribution in [1.82, 2.24) is 24.5 Å². The summed E-state index contributed by atoms with van der Waals surface area (Å²) in [5, 5.41) is 9.58. The zero-order chi connectivity index (χ0) is 22.9. The predicted molar refractivity (Wildman–Crippen MR) is 128 cm³/mol. The average molecular weight is 443 g/mol. The number of nitrogens with zero attached hydrogens (tertiary/aromatic N) is 6. The van der Waals surface area contributed by atoms with Crippen LogP contribution in [0.25, 0.3) is 16.6 Å². The lowest BCUT2D eigenvalue weighted by atomic mass is 10.2. The molecule has 0 bridgehead atoms. The molecule has 1 aliphatic rings. The SMILES string of the molecule is Cc1ccccc1-n1ncc2c(C)nn(CC(=O)N3CCN(c4ccccc4)CC3)c(=O)c21. The molecule has 0 aliphatic carbocycles. The molecule has 4 aromatic rings. The number of aryl methyl sites for hydroxylation is 2. The molecule has 3 heterocycles. The number of anilines is 1. The number of fused-ring (bicyclic) bond motifs is 1. The summed E-state index contributed by atoms with van der Waals surface area (Å²) in [4.78, 5) is 30.5. The normalized spacial score (nSPS) is 14.1. The topological polar surface area (TPSA) is 76.3 Å². The van der Waals surface area contributed by atoms with Crippen molar-refractivity contribution in [3.05, 3.63) is 82.4 Å². The molecule has 0 spiro atoms. The van der Waals surface area contributed by atoms with Gasteiger partial charge in [-0.05, 0) is 37.6 Å². The zero-order valence-corrected chi connectivity index (χ0v) is 18.8. The van der Waals surface area contributed by atoms with Crippen LogP contribution in [0, 0.1) is 13.8 Å². The fraction of sp³-hybridized carbons (Fsp3) is 0.280. The number of benzene rings is 2. The van der Waals surface area contributed by atoms with Gasteiger partial charge < -0.3 is 9.80 Å². The molecule has 2 aromatic carbocycles. The molecule has 8 heteroatoms. The highest BCUT2D eigenvalue weighted by Gasteiger charge is 2.23. The molecule has 1 fully saturated rings. The maximum atomic E-state index is 13.4. The van der Waals surface area contributed by atoms with Gasteiger partial charge in [0, 0.05) is 37.3 Å². The van der Waals surface area contributed by atoms with E-state index in [1.54, 1.807) is 10.9 Å². The second kappa shape index (κ2) is 8.54. The minimum absolute atomic E-state index is 0.0834. The Labute approximate surface area is 191 Å². The molecule has 0 N–H and O–H groups in total. The maximum absolute atomic E-state index is 13.4. The second-order valence-electron chi connectivity index (χ2n) is 8.36. The first-order chi connectivity index (χ1) is 16.0. The highest BCUT2D eigenvalue weighted by atomic mass is 16.2. The van der Waals surface area contributed by atoms with Gasteiger partial charge in [-0.25, -0.2) is 9.36 Å². The van der Waals surface area contributed by atoms with Crippen LogP contribution in [0.1, 0.15) is 11.3 Å². The Balaban J connectivity index is 1.39. The molecule has 1 aliphatic heterocycles. The van der Waals surface area contributed by atoms with Gasteiger partial charge in [0.1, 0.15) is 12.1 Å². The average Bonchev–Trinajstić information content (AvgIpc) is 3.29. The number of aromatic nitrogens is 4. The van der Waals surface area contributed by atoms with Crippen molar-refractivity contribution in [3.8, 4) is 5.69 Å².